The molecule has 1 aromatic carbocycles. The van der Waals surface area contributed by atoms with Crippen molar-refractivity contribution in [1.29, 1.82) is 0 Å². The largest absolute Gasteiger partial charge is 0.508 e. The molecule has 1 saturated carbocycles. The maximum atomic E-state index is 12.4. The lowest BCUT2D eigenvalue weighted by molar-refractivity contribution is -0.117. The molecule has 0 saturated heterocycles. The molecule has 0 unspecified atom stereocenters. The van der Waals surface area contributed by atoms with E-state index in [4.69, 9.17) is 0 Å². The lowest BCUT2D eigenvalue weighted by atomic mass is 9.70. The molecule has 2 N–H and O–H groups in total. The number of Topliss-reactive ketones (excluding diaryl/α,β-unsaturated/α-hetero) is 2. The second-order valence-corrected chi connectivity index (χ2v) is 6.50. The van der Waals surface area contributed by atoms with Gasteiger partial charge in [0.1, 0.15) is 5.75 Å². The van der Waals surface area contributed by atoms with E-state index in [2.05, 4.69) is 0 Å². The summed E-state index contributed by atoms with van der Waals surface area (Å²) in [6, 6.07) is 6.19. The first kappa shape index (κ1) is 15.0. The van der Waals surface area contributed by atoms with Gasteiger partial charge < -0.3 is 10.2 Å². The molecule has 3 rings (SSSR count). The van der Waals surface area contributed by atoms with Gasteiger partial charge in [0, 0.05) is 29.4 Å². The second-order valence-electron chi connectivity index (χ2n) is 6.50. The Kier molecular flexibility index (Phi) is 3.65. The highest BCUT2D eigenvalue weighted by Crippen LogP contribution is 2.51. The highest BCUT2D eigenvalue weighted by Gasteiger charge is 2.46. The van der Waals surface area contributed by atoms with Gasteiger partial charge in [0.15, 0.2) is 11.6 Å². The zero-order valence-electron chi connectivity index (χ0n) is 12.6. The molecule has 0 heterocycles. The van der Waals surface area contributed by atoms with Crippen LogP contribution < -0.4 is 0 Å². The standard InChI is InChI=1S/C18H20O4/c1-18-8-7-15(20)13(14(18)5-6-17(18)22)10-16(21)11-3-2-4-12(19)9-11/h2-4,9,17,19,22H,5-8,10H2,1H3/t17-,18-/m0/s1. The summed E-state index contributed by atoms with van der Waals surface area (Å²) in [6.07, 6.45) is 2.02. The molecular weight excluding hydrogens is 280 g/mol. The van der Waals surface area contributed by atoms with Crippen LogP contribution in [0.3, 0.4) is 0 Å². The van der Waals surface area contributed by atoms with E-state index in [-0.39, 0.29) is 29.2 Å². The van der Waals surface area contributed by atoms with Gasteiger partial charge in [0.2, 0.25) is 0 Å². The van der Waals surface area contributed by atoms with Crippen LogP contribution in [0.25, 0.3) is 0 Å². The number of phenolic OH excluding ortho intramolecular Hbond substituents is 1. The maximum Gasteiger partial charge on any atom is 0.167 e. The number of benzene rings is 1. The van der Waals surface area contributed by atoms with Crippen molar-refractivity contribution in [3.8, 4) is 5.75 Å². The van der Waals surface area contributed by atoms with Gasteiger partial charge >= 0.3 is 0 Å². The van der Waals surface area contributed by atoms with Crippen molar-refractivity contribution in [1.82, 2.24) is 0 Å². The second kappa shape index (κ2) is 5.36. The Balaban J connectivity index is 1.93. The minimum atomic E-state index is -0.429. The molecule has 0 aromatic heterocycles. The van der Waals surface area contributed by atoms with Gasteiger partial charge in [-0.3, -0.25) is 9.59 Å². The van der Waals surface area contributed by atoms with Crippen LogP contribution in [0.4, 0.5) is 0 Å². The van der Waals surface area contributed by atoms with Crippen molar-refractivity contribution in [2.45, 2.75) is 45.1 Å². The fourth-order valence-electron chi connectivity index (χ4n) is 3.74. The van der Waals surface area contributed by atoms with Crippen molar-refractivity contribution in [2.24, 2.45) is 5.41 Å². The van der Waals surface area contributed by atoms with Gasteiger partial charge in [-0.25, -0.2) is 0 Å². The summed E-state index contributed by atoms with van der Waals surface area (Å²) in [5.74, 6) is -0.105. The Morgan fingerprint density at radius 2 is 2.14 bits per heavy atom. The average molecular weight is 300 g/mol. The number of ketones is 2. The third-order valence-electron chi connectivity index (χ3n) is 5.17. The van der Waals surface area contributed by atoms with Crippen LogP contribution in [0.1, 0.15) is 49.4 Å². The third-order valence-corrected chi connectivity index (χ3v) is 5.17. The van der Waals surface area contributed by atoms with E-state index >= 15 is 0 Å². The fourth-order valence-corrected chi connectivity index (χ4v) is 3.74. The monoisotopic (exact) mass is 300 g/mol. The number of phenols is 1. The molecule has 4 heteroatoms. The van der Waals surface area contributed by atoms with E-state index in [0.717, 1.165) is 5.57 Å². The molecule has 116 valence electrons. The predicted molar refractivity (Wildman–Crippen MR) is 81.7 cm³/mol. The summed E-state index contributed by atoms with van der Waals surface area (Å²) in [6.45, 7) is 1.99. The average Bonchev–Trinajstić information content (AvgIpc) is 2.79. The quantitative estimate of drug-likeness (QED) is 0.842. The number of hydrogen-bond donors (Lipinski definition) is 2. The number of rotatable bonds is 3. The van der Waals surface area contributed by atoms with E-state index in [9.17, 15) is 19.8 Å². The molecular formula is C18H20O4. The van der Waals surface area contributed by atoms with Gasteiger partial charge in [-0.15, -0.1) is 0 Å². The number of aliphatic hydroxyl groups excluding tert-OH is 1. The Labute approximate surface area is 129 Å². The normalized spacial score (nSPS) is 27.9. The molecule has 0 bridgehead atoms. The number of hydrogen-bond acceptors (Lipinski definition) is 4. The number of aliphatic hydroxyl groups is 1. The van der Waals surface area contributed by atoms with E-state index in [0.29, 0.717) is 36.8 Å². The zero-order chi connectivity index (χ0) is 15.9. The lowest BCUT2D eigenvalue weighted by Crippen LogP contribution is -2.34. The van der Waals surface area contributed by atoms with Gasteiger partial charge in [0.25, 0.3) is 0 Å². The molecule has 22 heavy (non-hydrogen) atoms. The summed E-state index contributed by atoms with van der Waals surface area (Å²) in [4.78, 5) is 24.7. The van der Waals surface area contributed by atoms with Crippen LogP contribution in [0.5, 0.6) is 5.75 Å². The lowest BCUT2D eigenvalue weighted by Gasteiger charge is -2.35. The maximum absolute atomic E-state index is 12.4. The Hall–Kier alpha value is -1.94. The zero-order valence-corrected chi connectivity index (χ0v) is 12.6. The van der Waals surface area contributed by atoms with Crippen LogP contribution in [-0.2, 0) is 4.79 Å². The summed E-state index contributed by atoms with van der Waals surface area (Å²) < 4.78 is 0. The Morgan fingerprint density at radius 3 is 2.86 bits per heavy atom. The summed E-state index contributed by atoms with van der Waals surface area (Å²) in [5.41, 5.74) is 1.60. The first-order valence-corrected chi connectivity index (χ1v) is 7.68. The SMILES string of the molecule is C[C@]12CCC(=O)C(CC(=O)c3cccc(O)c3)=C1CC[C@@H]2O. The van der Waals surface area contributed by atoms with Crippen LogP contribution in [0, 0.1) is 5.41 Å². The third kappa shape index (κ3) is 2.37. The van der Waals surface area contributed by atoms with Gasteiger partial charge in [0.05, 0.1) is 6.10 Å². The van der Waals surface area contributed by atoms with E-state index in [1.54, 1.807) is 12.1 Å². The van der Waals surface area contributed by atoms with E-state index < -0.39 is 6.10 Å². The molecule has 1 fully saturated rings. The van der Waals surface area contributed by atoms with Gasteiger partial charge in [-0.05, 0) is 31.4 Å². The summed E-state index contributed by atoms with van der Waals surface area (Å²) >= 11 is 0. The van der Waals surface area contributed by atoms with Crippen molar-refractivity contribution in [3.63, 3.8) is 0 Å². The first-order valence-electron chi connectivity index (χ1n) is 7.68. The number of carbonyl (C=O) groups excluding carboxylic acids is 2. The van der Waals surface area contributed by atoms with Crippen molar-refractivity contribution < 1.29 is 19.8 Å². The van der Waals surface area contributed by atoms with Crippen LogP contribution >= 0.6 is 0 Å². The molecule has 0 radical (unpaired) electrons. The number of aromatic hydroxyl groups is 1. The topological polar surface area (TPSA) is 74.6 Å². The van der Waals surface area contributed by atoms with Gasteiger partial charge in [-0.1, -0.05) is 24.6 Å². The van der Waals surface area contributed by atoms with Gasteiger partial charge in [-0.2, -0.15) is 0 Å². The molecule has 2 atom stereocenters. The molecule has 1 aromatic rings. The van der Waals surface area contributed by atoms with Crippen molar-refractivity contribution >= 4 is 11.6 Å². The van der Waals surface area contributed by atoms with E-state index in [1.807, 2.05) is 6.92 Å². The highest BCUT2D eigenvalue weighted by molar-refractivity contribution is 6.07. The van der Waals surface area contributed by atoms with Crippen LogP contribution in [0.2, 0.25) is 0 Å². The Bertz CT molecular complexity index is 673. The predicted octanol–water partition coefficient (Wildman–Crippen LogP) is 2.79. The minimum Gasteiger partial charge on any atom is -0.508 e. The smallest absolute Gasteiger partial charge is 0.167 e. The van der Waals surface area contributed by atoms with Crippen molar-refractivity contribution in [2.75, 3.05) is 0 Å². The molecule has 0 amide bonds. The minimum absolute atomic E-state index is 0.0232. The highest BCUT2D eigenvalue weighted by atomic mass is 16.3. The fraction of sp³-hybridized carbons (Fsp3) is 0.444. The van der Waals surface area contributed by atoms with Crippen LogP contribution in [0.15, 0.2) is 35.4 Å². The summed E-state index contributed by atoms with van der Waals surface area (Å²) in [7, 11) is 0. The molecule has 2 aliphatic carbocycles. The summed E-state index contributed by atoms with van der Waals surface area (Å²) in [5, 5.41) is 19.7. The molecule has 2 aliphatic rings. The number of allylic oxidation sites excluding steroid dienone is 1. The number of fused-ring (bicyclic) bond motifs is 1. The van der Waals surface area contributed by atoms with Crippen LogP contribution in [-0.4, -0.2) is 27.9 Å². The molecule has 0 spiro atoms. The van der Waals surface area contributed by atoms with Crippen molar-refractivity contribution in [3.05, 3.63) is 41.0 Å². The Morgan fingerprint density at radius 1 is 1.36 bits per heavy atom. The molecule has 0 aliphatic heterocycles. The molecule has 4 nitrogen and oxygen atoms in total. The number of carbonyl (C=O) groups is 2. The first-order chi connectivity index (χ1) is 10.4. The van der Waals surface area contributed by atoms with E-state index in [1.165, 1.54) is 12.1 Å².